The topological polar surface area (TPSA) is 66.0 Å². The van der Waals surface area contributed by atoms with E-state index in [0.29, 0.717) is 37.8 Å². The molecular weight excluding hydrogens is 411 g/mol. The third kappa shape index (κ3) is 3.78. The number of benzene rings is 1. The zero-order valence-electron chi connectivity index (χ0n) is 18.4. The largest absolute Gasteiger partial charge is 0.447 e. The van der Waals surface area contributed by atoms with E-state index in [2.05, 4.69) is 22.9 Å². The molecule has 2 aliphatic heterocycles. The van der Waals surface area contributed by atoms with Gasteiger partial charge in [0.1, 0.15) is 18.2 Å². The number of halogens is 1. The maximum atomic E-state index is 14.8. The summed E-state index contributed by atoms with van der Waals surface area (Å²) in [6, 6.07) is 6.36. The number of nitrogens with zero attached hydrogens (tertiary/aromatic N) is 4. The second kappa shape index (κ2) is 8.07. The third-order valence-corrected chi connectivity index (χ3v) is 6.46. The summed E-state index contributed by atoms with van der Waals surface area (Å²) >= 11 is 0. The van der Waals surface area contributed by atoms with Crippen molar-refractivity contribution in [3.05, 3.63) is 53.0 Å². The zero-order valence-corrected chi connectivity index (χ0v) is 18.4. The number of cyclic esters (lactones) is 1. The Morgan fingerprint density at radius 3 is 2.53 bits per heavy atom. The Labute approximate surface area is 186 Å². The number of aromatic nitrogens is 1. The maximum absolute atomic E-state index is 14.8. The molecule has 2 aromatic rings. The molecule has 0 spiro atoms. The van der Waals surface area contributed by atoms with E-state index in [1.54, 1.807) is 11.0 Å². The van der Waals surface area contributed by atoms with Gasteiger partial charge in [0.05, 0.1) is 17.3 Å². The van der Waals surface area contributed by atoms with Gasteiger partial charge in [-0.25, -0.2) is 14.2 Å². The van der Waals surface area contributed by atoms with Crippen LogP contribution in [0, 0.1) is 12.7 Å². The van der Waals surface area contributed by atoms with Crippen molar-refractivity contribution >= 4 is 23.5 Å². The van der Waals surface area contributed by atoms with E-state index < -0.39 is 11.9 Å². The van der Waals surface area contributed by atoms with Crippen molar-refractivity contribution < 1.29 is 18.7 Å². The minimum atomic E-state index is -0.627. The Morgan fingerprint density at radius 1 is 1.16 bits per heavy atom. The minimum absolute atomic E-state index is 0.0227. The normalized spacial score (nSPS) is 21.2. The van der Waals surface area contributed by atoms with Crippen LogP contribution in [-0.4, -0.2) is 60.7 Å². The second-order valence-corrected chi connectivity index (χ2v) is 8.94. The molecule has 2 saturated heterocycles. The molecule has 3 heterocycles. The average Bonchev–Trinajstić information content (AvgIpc) is 3.58. The highest BCUT2D eigenvalue weighted by Crippen LogP contribution is 2.44. The minimum Gasteiger partial charge on any atom is -0.447 e. The molecule has 1 saturated carbocycles. The number of piperazine rings is 1. The van der Waals surface area contributed by atoms with Crippen molar-refractivity contribution in [3.8, 4) is 0 Å². The fourth-order valence-electron chi connectivity index (χ4n) is 4.54. The number of carbonyl (C=O) groups is 2. The molecule has 168 valence electrons. The van der Waals surface area contributed by atoms with Gasteiger partial charge in [0.25, 0.3) is 5.91 Å². The van der Waals surface area contributed by atoms with E-state index in [0.717, 1.165) is 5.82 Å². The van der Waals surface area contributed by atoms with Gasteiger partial charge in [0.15, 0.2) is 0 Å². The second-order valence-electron chi connectivity index (χ2n) is 8.94. The van der Waals surface area contributed by atoms with E-state index in [1.807, 2.05) is 13.1 Å². The summed E-state index contributed by atoms with van der Waals surface area (Å²) in [5.74, 6) is 0.663. The highest BCUT2D eigenvalue weighted by Gasteiger charge is 2.33. The lowest BCUT2D eigenvalue weighted by Crippen LogP contribution is -2.49. The van der Waals surface area contributed by atoms with Crippen LogP contribution >= 0.6 is 0 Å². The number of hydrogen-bond acceptors (Lipinski definition) is 5. The standard InChI is InChI=1S/C24H27FN4O3/c1-15-11-20(17-3-4-17)22(26-13-15)27-7-9-28(10-8-27)23(30)19-6-5-18(12-21(19)25)29-16(2)14-32-24(29)31/h5-6,11-13,16-17H,3-4,7-10,14H2,1-2H3/t16-/m1/s1. The molecule has 1 aromatic carbocycles. The van der Waals surface area contributed by atoms with Gasteiger partial charge < -0.3 is 14.5 Å². The van der Waals surface area contributed by atoms with Crippen LogP contribution in [-0.2, 0) is 4.74 Å². The molecule has 5 rings (SSSR count). The van der Waals surface area contributed by atoms with Gasteiger partial charge in [-0.15, -0.1) is 0 Å². The quantitative estimate of drug-likeness (QED) is 0.728. The van der Waals surface area contributed by atoms with Crippen molar-refractivity contribution in [2.45, 2.75) is 38.6 Å². The maximum Gasteiger partial charge on any atom is 0.414 e. The van der Waals surface area contributed by atoms with Gasteiger partial charge in [-0.1, -0.05) is 6.07 Å². The van der Waals surface area contributed by atoms with Gasteiger partial charge >= 0.3 is 6.09 Å². The summed E-state index contributed by atoms with van der Waals surface area (Å²) in [5, 5.41) is 0. The zero-order chi connectivity index (χ0) is 22.4. The van der Waals surface area contributed by atoms with Crippen LogP contribution in [0.25, 0.3) is 0 Å². The smallest absolute Gasteiger partial charge is 0.414 e. The predicted octanol–water partition coefficient (Wildman–Crippen LogP) is 3.71. The van der Waals surface area contributed by atoms with E-state index in [-0.39, 0.29) is 24.1 Å². The first kappa shape index (κ1) is 20.7. The summed E-state index contributed by atoms with van der Waals surface area (Å²) in [6.07, 6.45) is 3.81. The van der Waals surface area contributed by atoms with Gasteiger partial charge in [0.2, 0.25) is 0 Å². The van der Waals surface area contributed by atoms with Crippen LogP contribution in [0.1, 0.15) is 47.2 Å². The van der Waals surface area contributed by atoms with E-state index in [4.69, 9.17) is 4.74 Å². The first-order valence-electron chi connectivity index (χ1n) is 11.2. The van der Waals surface area contributed by atoms with Crippen LogP contribution in [0.5, 0.6) is 0 Å². The number of carbonyl (C=O) groups excluding carboxylic acids is 2. The number of pyridine rings is 1. The summed E-state index contributed by atoms with van der Waals surface area (Å²) in [5.41, 5.74) is 2.90. The average molecular weight is 439 g/mol. The number of ether oxygens (including phenoxy) is 1. The summed E-state index contributed by atoms with van der Waals surface area (Å²) < 4.78 is 19.8. The van der Waals surface area contributed by atoms with Crippen LogP contribution < -0.4 is 9.80 Å². The highest BCUT2D eigenvalue weighted by molar-refractivity contribution is 5.96. The van der Waals surface area contributed by atoms with Crippen molar-refractivity contribution in [2.24, 2.45) is 0 Å². The van der Waals surface area contributed by atoms with Crippen LogP contribution in [0.4, 0.5) is 20.7 Å². The molecule has 3 aliphatic rings. The van der Waals surface area contributed by atoms with Gasteiger partial charge in [-0.3, -0.25) is 9.69 Å². The lowest BCUT2D eigenvalue weighted by Gasteiger charge is -2.36. The van der Waals surface area contributed by atoms with E-state index >= 15 is 0 Å². The third-order valence-electron chi connectivity index (χ3n) is 6.46. The molecule has 32 heavy (non-hydrogen) atoms. The first-order valence-corrected chi connectivity index (χ1v) is 11.2. The molecule has 1 aromatic heterocycles. The molecular formula is C24H27FN4O3. The lowest BCUT2D eigenvalue weighted by molar-refractivity contribution is 0.0741. The fraction of sp³-hybridized carbons (Fsp3) is 0.458. The van der Waals surface area contributed by atoms with E-state index in [1.165, 1.54) is 41.0 Å². The summed E-state index contributed by atoms with van der Waals surface area (Å²) in [6.45, 7) is 6.51. The van der Waals surface area contributed by atoms with Gasteiger partial charge in [0, 0.05) is 32.4 Å². The number of anilines is 2. The Bertz CT molecular complexity index is 1060. The van der Waals surface area contributed by atoms with Gasteiger partial charge in [-0.05, 0) is 61.9 Å². The van der Waals surface area contributed by atoms with Crippen LogP contribution in [0.3, 0.4) is 0 Å². The number of hydrogen-bond donors (Lipinski definition) is 0. The van der Waals surface area contributed by atoms with Crippen LogP contribution in [0.15, 0.2) is 30.5 Å². The fourth-order valence-corrected chi connectivity index (χ4v) is 4.54. The first-order chi connectivity index (χ1) is 15.4. The Morgan fingerprint density at radius 2 is 1.91 bits per heavy atom. The predicted molar refractivity (Wildman–Crippen MR) is 119 cm³/mol. The highest BCUT2D eigenvalue weighted by atomic mass is 19.1. The molecule has 2 amide bonds. The summed E-state index contributed by atoms with van der Waals surface area (Å²) in [4.78, 5) is 34.9. The number of amides is 2. The monoisotopic (exact) mass is 438 g/mol. The molecule has 0 N–H and O–H groups in total. The number of aryl methyl sites for hydroxylation is 1. The van der Waals surface area contributed by atoms with Gasteiger partial charge in [-0.2, -0.15) is 0 Å². The lowest BCUT2D eigenvalue weighted by atomic mass is 10.1. The van der Waals surface area contributed by atoms with Crippen molar-refractivity contribution in [3.63, 3.8) is 0 Å². The van der Waals surface area contributed by atoms with Crippen molar-refractivity contribution in [1.29, 1.82) is 0 Å². The van der Waals surface area contributed by atoms with Crippen molar-refractivity contribution in [1.82, 2.24) is 9.88 Å². The molecule has 1 aliphatic carbocycles. The molecule has 1 atom stereocenters. The molecule has 3 fully saturated rings. The Hall–Kier alpha value is -3.16. The molecule has 0 bridgehead atoms. The molecule has 0 unspecified atom stereocenters. The van der Waals surface area contributed by atoms with E-state index in [9.17, 15) is 14.0 Å². The SMILES string of the molecule is Cc1cnc(N2CCN(C(=O)c3ccc(N4C(=O)OC[C@H]4C)cc3F)CC2)c(C2CC2)c1. The molecule has 8 heteroatoms. The molecule has 7 nitrogen and oxygen atoms in total. The summed E-state index contributed by atoms with van der Waals surface area (Å²) in [7, 11) is 0. The molecule has 0 radical (unpaired) electrons. The number of rotatable bonds is 4. The van der Waals surface area contributed by atoms with Crippen LogP contribution in [0.2, 0.25) is 0 Å². The van der Waals surface area contributed by atoms with Crippen molar-refractivity contribution in [2.75, 3.05) is 42.6 Å². The Kier molecular flexibility index (Phi) is 5.23. The Balaban J connectivity index is 1.27.